The molecule has 0 aromatic heterocycles. The fourth-order valence-electron chi connectivity index (χ4n) is 1.09. The first-order chi connectivity index (χ1) is 8.08. The Balaban J connectivity index is 2.69. The van der Waals surface area contributed by atoms with E-state index in [-0.39, 0.29) is 5.84 Å². The van der Waals surface area contributed by atoms with Crippen molar-refractivity contribution in [1.29, 1.82) is 0 Å². The fraction of sp³-hybridized carbons (Fsp3) is 0.300. The Bertz CT molecular complexity index is 424. The molecule has 0 heterocycles. The van der Waals surface area contributed by atoms with Crippen molar-refractivity contribution >= 4 is 37.7 Å². The van der Waals surface area contributed by atoms with Crippen LogP contribution in [0.5, 0.6) is 11.5 Å². The van der Waals surface area contributed by atoms with E-state index in [9.17, 15) is 0 Å². The lowest BCUT2D eigenvalue weighted by molar-refractivity contribution is 0.304. The molecule has 7 heteroatoms. The Morgan fingerprint density at radius 2 is 1.94 bits per heavy atom. The molecule has 1 aromatic rings. The van der Waals surface area contributed by atoms with E-state index >= 15 is 0 Å². The molecule has 0 atom stereocenters. The first-order valence-corrected chi connectivity index (χ1v) is 6.29. The smallest absolute Gasteiger partial charge is 0.142 e. The van der Waals surface area contributed by atoms with Gasteiger partial charge in [0.15, 0.2) is 0 Å². The average Bonchev–Trinajstić information content (AvgIpc) is 2.32. The number of halogens is 2. The van der Waals surface area contributed by atoms with Crippen LogP contribution in [0.15, 0.2) is 26.2 Å². The molecule has 1 rings (SSSR count). The number of rotatable bonds is 5. The molecule has 3 N–H and O–H groups in total. The zero-order chi connectivity index (χ0) is 12.8. The van der Waals surface area contributed by atoms with Gasteiger partial charge in [-0.3, -0.25) is 0 Å². The Morgan fingerprint density at radius 1 is 1.35 bits per heavy atom. The molecule has 0 aliphatic carbocycles. The number of hydrogen-bond donors (Lipinski definition) is 2. The SMILES string of the molecule is COc1cc(Br)c(OCCC(N)=NO)cc1Br. The lowest BCUT2D eigenvalue weighted by Gasteiger charge is -2.10. The van der Waals surface area contributed by atoms with Gasteiger partial charge >= 0.3 is 0 Å². The normalized spacial score (nSPS) is 11.4. The van der Waals surface area contributed by atoms with Gasteiger partial charge in [-0.25, -0.2) is 0 Å². The summed E-state index contributed by atoms with van der Waals surface area (Å²) in [4.78, 5) is 0. The number of nitrogens with zero attached hydrogens (tertiary/aromatic N) is 1. The van der Waals surface area contributed by atoms with Crippen LogP contribution in [0.3, 0.4) is 0 Å². The van der Waals surface area contributed by atoms with E-state index in [1.165, 1.54) is 0 Å². The molecule has 0 saturated carbocycles. The molecule has 0 unspecified atom stereocenters. The second-order valence-electron chi connectivity index (χ2n) is 3.11. The quantitative estimate of drug-likeness (QED) is 0.363. The number of oxime groups is 1. The maximum atomic E-state index is 8.37. The van der Waals surface area contributed by atoms with Crippen molar-refractivity contribution < 1.29 is 14.7 Å². The van der Waals surface area contributed by atoms with Crippen molar-refractivity contribution in [2.45, 2.75) is 6.42 Å². The largest absolute Gasteiger partial charge is 0.496 e. The molecular weight excluding hydrogens is 356 g/mol. The highest BCUT2D eigenvalue weighted by atomic mass is 79.9. The van der Waals surface area contributed by atoms with Crippen LogP contribution in [0.2, 0.25) is 0 Å². The molecule has 5 nitrogen and oxygen atoms in total. The standard InChI is InChI=1S/C10H12Br2N2O3/c1-16-8-4-7(12)9(5-6(8)11)17-3-2-10(13)14-15/h4-5,15H,2-3H2,1H3,(H2,13,14). The van der Waals surface area contributed by atoms with Gasteiger partial charge in [-0.2, -0.15) is 0 Å². The summed E-state index contributed by atoms with van der Waals surface area (Å²) in [6, 6.07) is 3.58. The van der Waals surface area contributed by atoms with Gasteiger partial charge < -0.3 is 20.4 Å². The predicted molar refractivity (Wildman–Crippen MR) is 71.9 cm³/mol. The summed E-state index contributed by atoms with van der Waals surface area (Å²) in [7, 11) is 1.59. The van der Waals surface area contributed by atoms with Gasteiger partial charge in [0.05, 0.1) is 22.7 Å². The maximum Gasteiger partial charge on any atom is 0.142 e. The van der Waals surface area contributed by atoms with Crippen LogP contribution in [0.4, 0.5) is 0 Å². The van der Waals surface area contributed by atoms with E-state index < -0.39 is 0 Å². The number of hydrogen-bond acceptors (Lipinski definition) is 4. The third kappa shape index (κ3) is 4.08. The van der Waals surface area contributed by atoms with Crippen molar-refractivity contribution in [2.24, 2.45) is 10.9 Å². The molecule has 94 valence electrons. The van der Waals surface area contributed by atoms with E-state index in [4.69, 9.17) is 20.4 Å². The number of methoxy groups -OCH3 is 1. The van der Waals surface area contributed by atoms with Gasteiger partial charge in [-0.05, 0) is 44.0 Å². The summed E-state index contributed by atoms with van der Waals surface area (Å²) >= 11 is 6.73. The van der Waals surface area contributed by atoms with Gasteiger partial charge in [-0.1, -0.05) is 5.16 Å². The number of ether oxygens (including phenoxy) is 2. The third-order valence-corrected chi connectivity index (χ3v) is 3.19. The van der Waals surface area contributed by atoms with Crippen molar-refractivity contribution in [2.75, 3.05) is 13.7 Å². The average molecular weight is 368 g/mol. The zero-order valence-corrected chi connectivity index (χ0v) is 12.3. The molecule has 0 radical (unpaired) electrons. The highest BCUT2D eigenvalue weighted by molar-refractivity contribution is 9.11. The number of benzene rings is 1. The molecule has 17 heavy (non-hydrogen) atoms. The summed E-state index contributed by atoms with van der Waals surface area (Å²) in [5, 5.41) is 11.2. The fourth-order valence-corrected chi connectivity index (χ4v) is 2.01. The van der Waals surface area contributed by atoms with Crippen molar-refractivity contribution in [3.05, 3.63) is 21.1 Å². The Labute approximate surface area is 116 Å². The highest BCUT2D eigenvalue weighted by Crippen LogP contribution is 2.35. The van der Waals surface area contributed by atoms with E-state index in [0.29, 0.717) is 24.5 Å². The van der Waals surface area contributed by atoms with E-state index in [2.05, 4.69) is 37.0 Å². The predicted octanol–water partition coefficient (Wildman–Crippen LogP) is 2.74. The molecule has 0 fully saturated rings. The van der Waals surface area contributed by atoms with Gasteiger partial charge in [0.2, 0.25) is 0 Å². The first-order valence-electron chi connectivity index (χ1n) is 4.70. The van der Waals surface area contributed by atoms with Crippen molar-refractivity contribution in [1.82, 2.24) is 0 Å². The minimum absolute atomic E-state index is 0.133. The van der Waals surface area contributed by atoms with Crippen LogP contribution in [0.1, 0.15) is 6.42 Å². The Morgan fingerprint density at radius 3 is 2.53 bits per heavy atom. The summed E-state index contributed by atoms with van der Waals surface area (Å²) in [6.07, 6.45) is 0.354. The molecule has 0 spiro atoms. The van der Waals surface area contributed by atoms with Crippen LogP contribution in [-0.4, -0.2) is 24.8 Å². The lowest BCUT2D eigenvalue weighted by Crippen LogP contribution is -2.15. The lowest BCUT2D eigenvalue weighted by atomic mass is 10.3. The molecule has 0 saturated heterocycles. The van der Waals surface area contributed by atoms with E-state index in [1.54, 1.807) is 19.2 Å². The number of amidine groups is 1. The zero-order valence-electron chi connectivity index (χ0n) is 9.11. The maximum absolute atomic E-state index is 8.37. The number of nitrogens with two attached hydrogens (primary N) is 1. The molecule has 0 aliphatic rings. The van der Waals surface area contributed by atoms with Gasteiger partial charge in [-0.15, -0.1) is 0 Å². The molecule has 0 aliphatic heterocycles. The molecule has 0 amide bonds. The van der Waals surface area contributed by atoms with Gasteiger partial charge in [0.1, 0.15) is 17.3 Å². The van der Waals surface area contributed by atoms with Crippen LogP contribution in [-0.2, 0) is 0 Å². The van der Waals surface area contributed by atoms with E-state index in [0.717, 1.165) is 8.95 Å². The van der Waals surface area contributed by atoms with Crippen LogP contribution >= 0.6 is 31.9 Å². The summed E-state index contributed by atoms with van der Waals surface area (Å²) < 4.78 is 12.2. The Kier molecular flexibility index (Phi) is 5.57. The van der Waals surface area contributed by atoms with Crippen molar-refractivity contribution in [3.63, 3.8) is 0 Å². The summed E-state index contributed by atoms with van der Waals surface area (Å²) in [6.45, 7) is 0.327. The summed E-state index contributed by atoms with van der Waals surface area (Å²) in [5.74, 6) is 1.50. The first kappa shape index (κ1) is 14.1. The topological polar surface area (TPSA) is 77.1 Å². The monoisotopic (exact) mass is 366 g/mol. The second-order valence-corrected chi connectivity index (χ2v) is 4.82. The van der Waals surface area contributed by atoms with E-state index in [1.807, 2.05) is 0 Å². The van der Waals surface area contributed by atoms with Crippen LogP contribution < -0.4 is 15.2 Å². The molecule has 0 bridgehead atoms. The van der Waals surface area contributed by atoms with Crippen LogP contribution in [0.25, 0.3) is 0 Å². The third-order valence-electron chi connectivity index (χ3n) is 1.95. The van der Waals surface area contributed by atoms with Crippen molar-refractivity contribution in [3.8, 4) is 11.5 Å². The van der Waals surface area contributed by atoms with Gasteiger partial charge in [0.25, 0.3) is 0 Å². The minimum Gasteiger partial charge on any atom is -0.496 e. The Hall–Kier alpha value is -0.950. The second kappa shape index (κ2) is 6.70. The molecular formula is C10H12Br2N2O3. The minimum atomic E-state index is 0.133. The van der Waals surface area contributed by atoms with Gasteiger partial charge in [0, 0.05) is 6.42 Å². The highest BCUT2D eigenvalue weighted by Gasteiger charge is 2.08. The van der Waals surface area contributed by atoms with Crippen LogP contribution in [0, 0.1) is 0 Å². The molecule has 1 aromatic carbocycles. The summed E-state index contributed by atoms with van der Waals surface area (Å²) in [5.41, 5.74) is 5.33.